The van der Waals surface area contributed by atoms with E-state index in [2.05, 4.69) is 31.2 Å². The number of rotatable bonds is 1. The van der Waals surface area contributed by atoms with Crippen LogP contribution in [0, 0.1) is 5.41 Å². The van der Waals surface area contributed by atoms with Gasteiger partial charge in [0.15, 0.2) is 0 Å². The Morgan fingerprint density at radius 1 is 1.00 bits per heavy atom. The molecule has 4 rings (SSSR count). The van der Waals surface area contributed by atoms with Gasteiger partial charge >= 0.3 is 0 Å². The number of carbonyl (C=O) groups excluding carboxylic acids is 1. The van der Waals surface area contributed by atoms with Gasteiger partial charge in [-0.05, 0) is 30.2 Å². The van der Waals surface area contributed by atoms with Crippen molar-refractivity contribution >= 4 is 5.78 Å². The maximum absolute atomic E-state index is 12.5. The molecule has 1 nitrogen and oxygen atoms in total. The molecule has 0 radical (unpaired) electrons. The van der Waals surface area contributed by atoms with Gasteiger partial charge in [-0.25, -0.2) is 0 Å². The van der Waals surface area contributed by atoms with Gasteiger partial charge in [0.25, 0.3) is 0 Å². The molecule has 1 aromatic carbocycles. The van der Waals surface area contributed by atoms with Crippen LogP contribution in [0.5, 0.6) is 0 Å². The molecule has 0 saturated heterocycles. The summed E-state index contributed by atoms with van der Waals surface area (Å²) in [6.07, 6.45) is 8.30. The van der Waals surface area contributed by atoms with Crippen LogP contribution in [0.1, 0.15) is 38.2 Å². The van der Waals surface area contributed by atoms with Crippen LogP contribution in [0.15, 0.2) is 42.5 Å². The third-order valence-corrected chi connectivity index (χ3v) is 4.57. The maximum Gasteiger partial charge on any atom is 0.147 e. The van der Waals surface area contributed by atoms with Gasteiger partial charge in [0.2, 0.25) is 0 Å². The first-order valence-corrected chi connectivity index (χ1v) is 6.44. The van der Waals surface area contributed by atoms with Crippen molar-refractivity contribution in [2.24, 2.45) is 5.41 Å². The van der Waals surface area contributed by atoms with Crippen LogP contribution < -0.4 is 0 Å². The molecule has 1 aromatic rings. The molecule has 3 aliphatic rings. The lowest BCUT2D eigenvalue weighted by Gasteiger charge is -2.35. The van der Waals surface area contributed by atoms with Crippen molar-refractivity contribution in [2.75, 3.05) is 0 Å². The highest BCUT2D eigenvalue weighted by molar-refractivity contribution is 5.93. The van der Waals surface area contributed by atoms with Gasteiger partial charge in [-0.2, -0.15) is 0 Å². The molecule has 1 saturated carbocycles. The lowest BCUT2D eigenvalue weighted by atomic mass is 9.68. The highest BCUT2D eigenvalue weighted by atomic mass is 16.1. The number of allylic oxidation sites excluding steroid dienone is 2. The molecule has 2 unspecified atom stereocenters. The Morgan fingerprint density at radius 3 is 2.41 bits per heavy atom. The van der Waals surface area contributed by atoms with Gasteiger partial charge in [0, 0.05) is 6.42 Å². The first-order valence-electron chi connectivity index (χ1n) is 6.44. The highest BCUT2D eigenvalue weighted by Crippen LogP contribution is 2.48. The number of Topliss-reactive ketones (excluding diaryl/α,β-unsaturated/α-hetero) is 1. The van der Waals surface area contributed by atoms with Crippen LogP contribution in [-0.2, 0) is 10.2 Å². The smallest absolute Gasteiger partial charge is 0.147 e. The molecular weight excluding hydrogens is 208 g/mol. The average Bonchev–Trinajstić information content (AvgIpc) is 2.58. The summed E-state index contributed by atoms with van der Waals surface area (Å²) in [4.78, 5) is 12.5. The lowest BCUT2D eigenvalue weighted by molar-refractivity contribution is -0.122. The molecule has 0 amide bonds. The van der Waals surface area contributed by atoms with Gasteiger partial charge in [0.1, 0.15) is 5.78 Å². The minimum absolute atomic E-state index is 0.254. The topological polar surface area (TPSA) is 17.1 Å². The van der Waals surface area contributed by atoms with Crippen LogP contribution in [0.25, 0.3) is 0 Å². The third-order valence-electron chi connectivity index (χ3n) is 4.57. The Hall–Kier alpha value is -1.37. The van der Waals surface area contributed by atoms with E-state index in [1.54, 1.807) is 0 Å². The van der Waals surface area contributed by atoms with E-state index in [9.17, 15) is 4.79 Å². The van der Waals surface area contributed by atoms with Crippen molar-refractivity contribution in [3.05, 3.63) is 48.0 Å². The summed E-state index contributed by atoms with van der Waals surface area (Å²) in [5, 5.41) is 0. The highest BCUT2D eigenvalue weighted by Gasteiger charge is 2.45. The van der Waals surface area contributed by atoms with E-state index in [0.29, 0.717) is 5.78 Å². The summed E-state index contributed by atoms with van der Waals surface area (Å²) < 4.78 is 0. The van der Waals surface area contributed by atoms with E-state index in [4.69, 9.17) is 0 Å². The standard InChI is InChI=1S/C16H18O/c1-15-8-7-14(17)16(11-9-15,12-10-15)13-5-3-2-4-6-13/h2-6,9,11H,7-8,10,12H2,1H3. The van der Waals surface area contributed by atoms with E-state index in [0.717, 1.165) is 25.7 Å². The predicted molar refractivity (Wildman–Crippen MR) is 68.8 cm³/mol. The quantitative estimate of drug-likeness (QED) is 0.668. The second kappa shape index (κ2) is 3.56. The normalized spacial score (nSPS) is 35.9. The number of benzene rings is 1. The Morgan fingerprint density at radius 2 is 1.76 bits per heavy atom. The number of hydrogen-bond donors (Lipinski definition) is 0. The Labute approximate surface area is 103 Å². The summed E-state index contributed by atoms with van der Waals surface area (Å²) in [7, 11) is 0. The molecule has 1 heteroatoms. The third kappa shape index (κ3) is 1.56. The van der Waals surface area contributed by atoms with Crippen molar-refractivity contribution in [3.8, 4) is 0 Å². The molecule has 88 valence electrons. The zero-order chi connectivity index (χ0) is 11.9. The summed E-state index contributed by atoms with van der Waals surface area (Å²) in [5.41, 5.74) is 1.10. The van der Waals surface area contributed by atoms with Crippen LogP contribution in [-0.4, -0.2) is 5.78 Å². The molecule has 0 N–H and O–H groups in total. The molecule has 0 spiro atoms. The van der Waals surface area contributed by atoms with Crippen molar-refractivity contribution in [2.45, 2.75) is 38.0 Å². The molecule has 0 aliphatic heterocycles. The monoisotopic (exact) mass is 226 g/mol. The van der Waals surface area contributed by atoms with Crippen LogP contribution in [0.3, 0.4) is 0 Å². The number of carbonyl (C=O) groups is 1. The van der Waals surface area contributed by atoms with Gasteiger partial charge in [-0.15, -0.1) is 0 Å². The van der Waals surface area contributed by atoms with E-state index >= 15 is 0 Å². The van der Waals surface area contributed by atoms with Crippen LogP contribution in [0.2, 0.25) is 0 Å². The molecule has 17 heavy (non-hydrogen) atoms. The molecule has 1 fully saturated rings. The summed E-state index contributed by atoms with van der Waals surface area (Å²) in [5.74, 6) is 0.404. The SMILES string of the molecule is CC12C=CC(c3ccccc3)(CC1)C(=O)CC2. The fraction of sp³-hybridized carbons (Fsp3) is 0.438. The molecule has 3 aliphatic carbocycles. The number of fused-ring (bicyclic) bond motifs is 3. The van der Waals surface area contributed by atoms with E-state index in [1.807, 2.05) is 18.2 Å². The average molecular weight is 226 g/mol. The Balaban J connectivity index is 2.13. The first-order chi connectivity index (χ1) is 8.15. The maximum atomic E-state index is 12.5. The van der Waals surface area contributed by atoms with Crippen molar-refractivity contribution in [1.82, 2.24) is 0 Å². The summed E-state index contributed by atoms with van der Waals surface area (Å²) >= 11 is 0. The van der Waals surface area contributed by atoms with Crippen molar-refractivity contribution in [1.29, 1.82) is 0 Å². The van der Waals surface area contributed by atoms with Crippen LogP contribution in [0.4, 0.5) is 0 Å². The summed E-state index contributed by atoms with van der Waals surface area (Å²) in [6.45, 7) is 2.27. The van der Waals surface area contributed by atoms with Gasteiger partial charge in [-0.1, -0.05) is 49.4 Å². The van der Waals surface area contributed by atoms with Crippen LogP contribution >= 0.6 is 0 Å². The van der Waals surface area contributed by atoms with Crippen molar-refractivity contribution in [3.63, 3.8) is 0 Å². The fourth-order valence-electron chi connectivity index (χ4n) is 3.19. The molecular formula is C16H18O. The molecule has 2 bridgehead atoms. The number of ketones is 1. The zero-order valence-electron chi connectivity index (χ0n) is 10.3. The summed E-state index contributed by atoms with van der Waals surface area (Å²) in [6, 6.07) is 10.3. The van der Waals surface area contributed by atoms with Gasteiger partial charge in [-0.3, -0.25) is 4.79 Å². The van der Waals surface area contributed by atoms with Gasteiger partial charge in [0.05, 0.1) is 5.41 Å². The Bertz CT molecular complexity index is 474. The second-order valence-electron chi connectivity index (χ2n) is 5.75. The zero-order valence-corrected chi connectivity index (χ0v) is 10.3. The predicted octanol–water partition coefficient (Wildman–Crippen LogP) is 3.64. The van der Waals surface area contributed by atoms with Crippen molar-refractivity contribution < 1.29 is 4.79 Å². The molecule has 0 aromatic heterocycles. The largest absolute Gasteiger partial charge is 0.298 e. The number of hydrogen-bond acceptors (Lipinski definition) is 1. The van der Waals surface area contributed by atoms with E-state index in [-0.39, 0.29) is 10.8 Å². The minimum atomic E-state index is -0.322. The van der Waals surface area contributed by atoms with Gasteiger partial charge < -0.3 is 0 Å². The first kappa shape index (κ1) is 10.8. The Kier molecular flexibility index (Phi) is 2.25. The molecule has 0 heterocycles. The van der Waals surface area contributed by atoms with E-state index < -0.39 is 0 Å². The van der Waals surface area contributed by atoms with E-state index in [1.165, 1.54) is 5.56 Å². The lowest BCUT2D eigenvalue weighted by Crippen LogP contribution is -2.34. The second-order valence-corrected chi connectivity index (χ2v) is 5.75. The minimum Gasteiger partial charge on any atom is -0.298 e. The fourth-order valence-corrected chi connectivity index (χ4v) is 3.19. The molecule has 2 atom stereocenters.